The molecule has 1 saturated carbocycles. The van der Waals surface area contributed by atoms with Gasteiger partial charge >= 0.3 is 6.18 Å². The molecule has 0 saturated heterocycles. The molecule has 0 spiro atoms. The number of hydrogen-bond donors (Lipinski definition) is 0. The minimum atomic E-state index is -4.64. The van der Waals surface area contributed by atoms with Crippen molar-refractivity contribution in [3.8, 4) is 6.07 Å². The molecule has 2 atom stereocenters. The zero-order valence-corrected chi connectivity index (χ0v) is 8.96. The summed E-state index contributed by atoms with van der Waals surface area (Å²) in [5.74, 6) is -2.83. The number of carbonyl (C=O) groups is 1. The Morgan fingerprint density at radius 2 is 2.06 bits per heavy atom. The van der Waals surface area contributed by atoms with Crippen molar-refractivity contribution in [1.29, 1.82) is 5.26 Å². The normalized spacial score (nSPS) is 22.4. The Labute approximate surface area is 99.8 Å². The number of nitriles is 1. The molecule has 0 radical (unpaired) electrons. The van der Waals surface area contributed by atoms with Crippen LogP contribution in [0, 0.1) is 29.0 Å². The van der Waals surface area contributed by atoms with Crippen molar-refractivity contribution in [3.05, 3.63) is 35.1 Å². The third-order valence-electron chi connectivity index (χ3n) is 2.85. The van der Waals surface area contributed by atoms with Crippen LogP contribution in [0.4, 0.5) is 17.6 Å². The summed E-state index contributed by atoms with van der Waals surface area (Å²) >= 11 is 0. The van der Waals surface area contributed by atoms with E-state index >= 15 is 0 Å². The molecular weight excluding hydrogens is 250 g/mol. The van der Waals surface area contributed by atoms with Crippen molar-refractivity contribution < 1.29 is 22.4 Å². The summed E-state index contributed by atoms with van der Waals surface area (Å²) in [5.41, 5.74) is -1.52. The molecule has 1 aliphatic carbocycles. The second kappa shape index (κ2) is 4.09. The fourth-order valence-electron chi connectivity index (χ4n) is 1.72. The van der Waals surface area contributed by atoms with Gasteiger partial charge in [-0.1, -0.05) is 0 Å². The molecule has 0 aliphatic heterocycles. The number of halogens is 4. The van der Waals surface area contributed by atoms with Crippen LogP contribution in [0.1, 0.15) is 22.3 Å². The standard InChI is InChI=1S/C12H7F4NO/c13-10-4-7(12(14,15)16)1-2-8(10)11(18)9-3-6(9)5-17/h1-2,4,6,9H,3H2. The molecule has 2 nitrogen and oxygen atoms in total. The van der Waals surface area contributed by atoms with Crippen molar-refractivity contribution in [2.24, 2.45) is 11.8 Å². The summed E-state index contributed by atoms with van der Waals surface area (Å²) < 4.78 is 50.3. The van der Waals surface area contributed by atoms with Gasteiger partial charge in [-0.2, -0.15) is 18.4 Å². The number of hydrogen-bond acceptors (Lipinski definition) is 2. The van der Waals surface area contributed by atoms with Crippen LogP contribution < -0.4 is 0 Å². The van der Waals surface area contributed by atoms with E-state index in [1.54, 1.807) is 0 Å². The van der Waals surface area contributed by atoms with Gasteiger partial charge in [-0.05, 0) is 24.6 Å². The lowest BCUT2D eigenvalue weighted by atomic mass is 10.0. The molecule has 1 aliphatic rings. The average molecular weight is 257 g/mol. The number of rotatable bonds is 2. The smallest absolute Gasteiger partial charge is 0.294 e. The molecule has 1 fully saturated rings. The van der Waals surface area contributed by atoms with Gasteiger partial charge in [0.05, 0.1) is 23.1 Å². The summed E-state index contributed by atoms with van der Waals surface area (Å²) in [5, 5.41) is 8.55. The maximum atomic E-state index is 13.4. The third kappa shape index (κ3) is 2.21. The van der Waals surface area contributed by atoms with Crippen molar-refractivity contribution in [1.82, 2.24) is 0 Å². The monoisotopic (exact) mass is 257 g/mol. The molecule has 0 bridgehead atoms. The molecule has 94 valence electrons. The number of ketones is 1. The predicted octanol–water partition coefficient (Wildman–Crippen LogP) is 3.19. The van der Waals surface area contributed by atoms with Crippen molar-refractivity contribution in [2.75, 3.05) is 0 Å². The van der Waals surface area contributed by atoms with Gasteiger partial charge in [0.15, 0.2) is 5.78 Å². The molecule has 0 heterocycles. The van der Waals surface area contributed by atoms with E-state index in [0.29, 0.717) is 18.6 Å². The lowest BCUT2D eigenvalue weighted by molar-refractivity contribution is -0.137. The first-order valence-corrected chi connectivity index (χ1v) is 5.15. The van der Waals surface area contributed by atoms with Crippen LogP contribution in [-0.4, -0.2) is 5.78 Å². The Morgan fingerprint density at radius 3 is 2.50 bits per heavy atom. The summed E-state index contributed by atoms with van der Waals surface area (Å²) in [6.07, 6.45) is -4.30. The molecule has 18 heavy (non-hydrogen) atoms. The predicted molar refractivity (Wildman–Crippen MR) is 52.9 cm³/mol. The molecule has 2 unspecified atom stereocenters. The molecule has 6 heteroatoms. The molecule has 1 aromatic carbocycles. The quantitative estimate of drug-likeness (QED) is 0.603. The molecule has 0 amide bonds. The SMILES string of the molecule is N#CC1CC1C(=O)c1ccc(C(F)(F)F)cc1F. The number of carbonyl (C=O) groups excluding carboxylic acids is 1. The molecule has 0 aromatic heterocycles. The van der Waals surface area contributed by atoms with E-state index in [0.717, 1.165) is 6.07 Å². The fraction of sp³-hybridized carbons (Fsp3) is 0.333. The Balaban J connectivity index is 2.26. The zero-order valence-electron chi connectivity index (χ0n) is 8.96. The summed E-state index contributed by atoms with van der Waals surface area (Å²) in [6, 6.07) is 3.67. The molecular formula is C12H7F4NO. The molecule has 1 aromatic rings. The van der Waals surface area contributed by atoms with E-state index in [4.69, 9.17) is 5.26 Å². The Bertz CT molecular complexity index is 544. The summed E-state index contributed by atoms with van der Waals surface area (Å²) in [6.45, 7) is 0. The van der Waals surface area contributed by atoms with Crippen molar-refractivity contribution >= 4 is 5.78 Å². The third-order valence-corrected chi connectivity index (χ3v) is 2.85. The maximum absolute atomic E-state index is 13.4. The van der Waals surface area contributed by atoms with Gasteiger partial charge in [0.1, 0.15) is 5.82 Å². The van der Waals surface area contributed by atoms with Gasteiger partial charge in [0.2, 0.25) is 0 Å². The zero-order chi connectivity index (χ0) is 13.5. The lowest BCUT2D eigenvalue weighted by Crippen LogP contribution is -2.10. The minimum Gasteiger partial charge on any atom is -0.294 e. The van der Waals surface area contributed by atoms with Gasteiger partial charge in [-0.3, -0.25) is 4.79 Å². The van der Waals surface area contributed by atoms with Crippen LogP contribution >= 0.6 is 0 Å². The van der Waals surface area contributed by atoms with E-state index in [1.165, 1.54) is 0 Å². The van der Waals surface area contributed by atoms with E-state index in [2.05, 4.69) is 0 Å². The highest BCUT2D eigenvalue weighted by Gasteiger charge is 2.44. The molecule has 0 N–H and O–H groups in total. The van der Waals surface area contributed by atoms with Gasteiger partial charge in [0, 0.05) is 5.92 Å². The number of benzene rings is 1. The first-order valence-electron chi connectivity index (χ1n) is 5.15. The van der Waals surface area contributed by atoms with E-state index in [-0.39, 0.29) is 5.56 Å². The van der Waals surface area contributed by atoms with Crippen LogP contribution in [0.25, 0.3) is 0 Å². The Morgan fingerprint density at radius 1 is 1.39 bits per heavy atom. The van der Waals surface area contributed by atoms with Crippen LogP contribution in [0.3, 0.4) is 0 Å². The van der Waals surface area contributed by atoms with Gasteiger partial charge in [-0.25, -0.2) is 4.39 Å². The number of alkyl halides is 3. The number of nitrogens with zero attached hydrogens (tertiary/aromatic N) is 1. The summed E-state index contributed by atoms with van der Waals surface area (Å²) in [4.78, 5) is 11.7. The highest BCUT2D eigenvalue weighted by atomic mass is 19.4. The Hall–Kier alpha value is -1.90. The number of Topliss-reactive ketones (excluding diaryl/α,β-unsaturated/α-hetero) is 1. The highest BCUT2D eigenvalue weighted by molar-refractivity contribution is 6.00. The lowest BCUT2D eigenvalue weighted by Gasteiger charge is -2.08. The second-order valence-electron chi connectivity index (χ2n) is 4.13. The largest absolute Gasteiger partial charge is 0.416 e. The minimum absolute atomic E-state index is 0.303. The maximum Gasteiger partial charge on any atom is 0.416 e. The van der Waals surface area contributed by atoms with E-state index in [1.807, 2.05) is 6.07 Å². The van der Waals surface area contributed by atoms with Crippen LogP contribution in [0.2, 0.25) is 0 Å². The van der Waals surface area contributed by atoms with Crippen LogP contribution in [-0.2, 0) is 6.18 Å². The van der Waals surface area contributed by atoms with Crippen LogP contribution in [0.15, 0.2) is 18.2 Å². The van der Waals surface area contributed by atoms with Crippen molar-refractivity contribution in [2.45, 2.75) is 12.6 Å². The highest BCUT2D eigenvalue weighted by Crippen LogP contribution is 2.41. The fourth-order valence-corrected chi connectivity index (χ4v) is 1.72. The average Bonchev–Trinajstić information content (AvgIpc) is 3.06. The van der Waals surface area contributed by atoms with E-state index in [9.17, 15) is 22.4 Å². The topological polar surface area (TPSA) is 40.9 Å². The summed E-state index contributed by atoms with van der Waals surface area (Å²) in [7, 11) is 0. The van der Waals surface area contributed by atoms with E-state index < -0.39 is 35.2 Å². The first kappa shape index (κ1) is 12.6. The van der Waals surface area contributed by atoms with Crippen LogP contribution in [0.5, 0.6) is 0 Å². The first-order chi connectivity index (χ1) is 8.34. The Kier molecular flexibility index (Phi) is 2.85. The van der Waals surface area contributed by atoms with Crippen molar-refractivity contribution in [3.63, 3.8) is 0 Å². The molecule has 2 rings (SSSR count). The van der Waals surface area contributed by atoms with Gasteiger partial charge < -0.3 is 0 Å². The second-order valence-corrected chi connectivity index (χ2v) is 4.13. The van der Waals surface area contributed by atoms with Gasteiger partial charge in [0.25, 0.3) is 0 Å². The van der Waals surface area contributed by atoms with Gasteiger partial charge in [-0.15, -0.1) is 0 Å².